The summed E-state index contributed by atoms with van der Waals surface area (Å²) in [5.41, 5.74) is 0. The minimum absolute atomic E-state index is 0.382. The zero-order chi connectivity index (χ0) is 14.3. The molecule has 0 aromatic rings. The zero-order valence-corrected chi connectivity index (χ0v) is 13.6. The molecule has 1 rings (SSSR count). The lowest BCUT2D eigenvalue weighted by Gasteiger charge is -2.39. The first kappa shape index (κ1) is 16.9. The van der Waals surface area contributed by atoms with Crippen molar-refractivity contribution in [1.29, 1.82) is 0 Å². The average molecular weight is 270 g/mol. The van der Waals surface area contributed by atoms with Gasteiger partial charge in [0.1, 0.15) is 0 Å². The molecule has 1 fully saturated rings. The summed E-state index contributed by atoms with van der Waals surface area (Å²) in [4.78, 5) is 2.58. The monoisotopic (exact) mass is 270 g/mol. The number of nitrogens with one attached hydrogen (secondary N) is 1. The topological polar surface area (TPSA) is 24.5 Å². The fraction of sp³-hybridized carbons (Fsp3) is 1.00. The second kappa shape index (κ2) is 8.93. The smallest absolute Gasteiger partial charge is 0.0703 e. The minimum Gasteiger partial charge on any atom is -0.377 e. The summed E-state index contributed by atoms with van der Waals surface area (Å²) in [6.45, 7) is 11.1. The van der Waals surface area contributed by atoms with Gasteiger partial charge in [-0.1, -0.05) is 27.2 Å². The van der Waals surface area contributed by atoms with Gasteiger partial charge in [-0.15, -0.1) is 0 Å². The lowest BCUT2D eigenvalue weighted by atomic mass is 9.96. The van der Waals surface area contributed by atoms with Gasteiger partial charge < -0.3 is 10.1 Å². The van der Waals surface area contributed by atoms with Crippen molar-refractivity contribution in [3.8, 4) is 0 Å². The Labute approximate surface area is 120 Å². The van der Waals surface area contributed by atoms with Crippen LogP contribution < -0.4 is 5.32 Å². The molecule has 0 amide bonds. The van der Waals surface area contributed by atoms with E-state index in [4.69, 9.17) is 4.74 Å². The van der Waals surface area contributed by atoms with Crippen molar-refractivity contribution in [2.75, 3.05) is 20.2 Å². The summed E-state index contributed by atoms with van der Waals surface area (Å²) >= 11 is 0. The Balaban J connectivity index is 2.65. The Hall–Kier alpha value is -0.120. The molecule has 0 aromatic heterocycles. The van der Waals surface area contributed by atoms with Gasteiger partial charge in [0.25, 0.3) is 0 Å². The van der Waals surface area contributed by atoms with E-state index in [2.05, 4.69) is 45.0 Å². The van der Waals surface area contributed by atoms with Crippen LogP contribution >= 0.6 is 0 Å². The van der Waals surface area contributed by atoms with Crippen LogP contribution in [-0.4, -0.2) is 49.3 Å². The average Bonchev–Trinajstić information content (AvgIpc) is 2.82. The maximum atomic E-state index is 5.74. The summed E-state index contributed by atoms with van der Waals surface area (Å²) in [6, 6.07) is 1.83. The maximum absolute atomic E-state index is 5.74. The van der Waals surface area contributed by atoms with Gasteiger partial charge in [0, 0.05) is 24.7 Å². The predicted molar refractivity (Wildman–Crippen MR) is 82.7 cm³/mol. The third-order valence-electron chi connectivity index (χ3n) is 4.52. The van der Waals surface area contributed by atoms with E-state index in [0.29, 0.717) is 24.2 Å². The number of nitrogens with zero attached hydrogens (tertiary/aromatic N) is 1. The SMILES string of the molecule is CCCNC(CCC)C(CC)N(C)C1CCOC1C. The molecule has 114 valence electrons. The summed E-state index contributed by atoms with van der Waals surface area (Å²) < 4.78 is 5.74. The van der Waals surface area contributed by atoms with Crippen LogP contribution in [0.2, 0.25) is 0 Å². The molecule has 1 saturated heterocycles. The van der Waals surface area contributed by atoms with Gasteiger partial charge in [-0.25, -0.2) is 0 Å². The second-order valence-electron chi connectivity index (χ2n) is 5.92. The molecule has 4 atom stereocenters. The summed E-state index contributed by atoms with van der Waals surface area (Å²) in [5.74, 6) is 0. The Morgan fingerprint density at radius 3 is 2.47 bits per heavy atom. The molecule has 1 aliphatic heterocycles. The van der Waals surface area contributed by atoms with Crippen LogP contribution in [0.4, 0.5) is 0 Å². The van der Waals surface area contributed by atoms with E-state index in [0.717, 1.165) is 13.2 Å². The number of hydrogen-bond donors (Lipinski definition) is 1. The maximum Gasteiger partial charge on any atom is 0.0703 e. The number of rotatable bonds is 9. The molecule has 3 nitrogen and oxygen atoms in total. The summed E-state index contributed by atoms with van der Waals surface area (Å²) in [6.07, 6.45) is 6.51. The highest BCUT2D eigenvalue weighted by molar-refractivity contribution is 4.89. The van der Waals surface area contributed by atoms with Crippen LogP contribution in [0.15, 0.2) is 0 Å². The van der Waals surface area contributed by atoms with Gasteiger partial charge in [-0.3, -0.25) is 4.90 Å². The van der Waals surface area contributed by atoms with Crippen molar-refractivity contribution >= 4 is 0 Å². The highest BCUT2D eigenvalue weighted by atomic mass is 16.5. The molecule has 0 bridgehead atoms. The highest BCUT2D eigenvalue weighted by Gasteiger charge is 2.33. The highest BCUT2D eigenvalue weighted by Crippen LogP contribution is 2.23. The normalized spacial score (nSPS) is 26.8. The van der Waals surface area contributed by atoms with E-state index in [1.54, 1.807) is 0 Å². The van der Waals surface area contributed by atoms with Gasteiger partial charge in [0.2, 0.25) is 0 Å². The van der Waals surface area contributed by atoms with Crippen molar-refractivity contribution in [2.45, 2.75) is 84.0 Å². The number of likely N-dealkylation sites (N-methyl/N-ethyl adjacent to an activating group) is 1. The summed E-state index contributed by atoms with van der Waals surface area (Å²) in [5, 5.41) is 3.76. The van der Waals surface area contributed by atoms with Crippen LogP contribution in [0.3, 0.4) is 0 Å². The van der Waals surface area contributed by atoms with Crippen molar-refractivity contribution in [2.24, 2.45) is 0 Å². The van der Waals surface area contributed by atoms with Crippen LogP contribution in [0.25, 0.3) is 0 Å². The molecule has 0 radical (unpaired) electrons. The molecule has 0 spiro atoms. The van der Waals surface area contributed by atoms with Crippen molar-refractivity contribution < 1.29 is 4.74 Å². The molecule has 4 unspecified atom stereocenters. The first-order valence-electron chi connectivity index (χ1n) is 8.22. The van der Waals surface area contributed by atoms with E-state index in [-0.39, 0.29) is 0 Å². The third-order valence-corrected chi connectivity index (χ3v) is 4.52. The molecule has 1 heterocycles. The molecule has 3 heteroatoms. The number of ether oxygens (including phenoxy) is 1. The molecular formula is C16H34N2O. The fourth-order valence-electron chi connectivity index (χ4n) is 3.43. The molecule has 0 aromatic carbocycles. The Kier molecular flexibility index (Phi) is 7.96. The molecule has 19 heavy (non-hydrogen) atoms. The van der Waals surface area contributed by atoms with Crippen LogP contribution in [0.5, 0.6) is 0 Å². The Bertz CT molecular complexity index is 235. The summed E-state index contributed by atoms with van der Waals surface area (Å²) in [7, 11) is 2.29. The molecule has 0 saturated carbocycles. The van der Waals surface area contributed by atoms with Crippen LogP contribution in [0.1, 0.15) is 59.8 Å². The van der Waals surface area contributed by atoms with Crippen molar-refractivity contribution in [3.05, 3.63) is 0 Å². The number of hydrogen-bond acceptors (Lipinski definition) is 3. The Morgan fingerprint density at radius 1 is 1.26 bits per heavy atom. The Morgan fingerprint density at radius 2 is 2.00 bits per heavy atom. The van der Waals surface area contributed by atoms with Gasteiger partial charge in [-0.2, -0.15) is 0 Å². The zero-order valence-electron chi connectivity index (χ0n) is 13.6. The van der Waals surface area contributed by atoms with Gasteiger partial charge in [0.15, 0.2) is 0 Å². The molecule has 1 aliphatic rings. The van der Waals surface area contributed by atoms with E-state index < -0.39 is 0 Å². The quantitative estimate of drug-likeness (QED) is 0.697. The third kappa shape index (κ3) is 4.73. The molecule has 0 aliphatic carbocycles. The lowest BCUT2D eigenvalue weighted by molar-refractivity contribution is 0.0557. The van der Waals surface area contributed by atoms with Crippen molar-refractivity contribution in [1.82, 2.24) is 10.2 Å². The first-order valence-corrected chi connectivity index (χ1v) is 8.22. The molecular weight excluding hydrogens is 236 g/mol. The van der Waals surface area contributed by atoms with E-state index >= 15 is 0 Å². The van der Waals surface area contributed by atoms with Gasteiger partial charge in [-0.05, 0) is 46.2 Å². The standard InChI is InChI=1S/C16H34N2O/c1-6-9-14(17-11-7-2)15(8-3)18(5)16-10-12-19-13(16)4/h13-17H,6-12H2,1-5H3. The first-order chi connectivity index (χ1) is 9.15. The van der Waals surface area contributed by atoms with E-state index in [1.165, 1.54) is 32.1 Å². The van der Waals surface area contributed by atoms with Gasteiger partial charge >= 0.3 is 0 Å². The minimum atomic E-state index is 0.382. The van der Waals surface area contributed by atoms with Gasteiger partial charge in [0.05, 0.1) is 6.10 Å². The lowest BCUT2D eigenvalue weighted by Crippen LogP contribution is -2.53. The molecule has 1 N–H and O–H groups in total. The predicted octanol–water partition coefficient (Wildman–Crippen LogP) is 3.04. The second-order valence-corrected chi connectivity index (χ2v) is 5.92. The van der Waals surface area contributed by atoms with Crippen LogP contribution in [-0.2, 0) is 4.74 Å². The largest absolute Gasteiger partial charge is 0.377 e. The van der Waals surface area contributed by atoms with Crippen LogP contribution in [0, 0.1) is 0 Å². The fourth-order valence-corrected chi connectivity index (χ4v) is 3.43. The van der Waals surface area contributed by atoms with Crippen molar-refractivity contribution in [3.63, 3.8) is 0 Å². The van der Waals surface area contributed by atoms with E-state index in [9.17, 15) is 0 Å². The van der Waals surface area contributed by atoms with E-state index in [1.807, 2.05) is 0 Å².